The lowest BCUT2D eigenvalue weighted by Crippen LogP contribution is -2.51. The third kappa shape index (κ3) is 4.81. The Labute approximate surface area is 124 Å². The van der Waals surface area contributed by atoms with Crippen molar-refractivity contribution in [1.29, 1.82) is 0 Å². The van der Waals surface area contributed by atoms with E-state index in [1.54, 1.807) is 0 Å². The predicted molar refractivity (Wildman–Crippen MR) is 74.9 cm³/mol. The van der Waals surface area contributed by atoms with Gasteiger partial charge in [-0.2, -0.15) is 13.2 Å². The molecule has 0 spiro atoms. The average molecular weight is 309 g/mol. The number of aliphatic hydroxyl groups is 1. The number of alkyl halides is 3. The van der Waals surface area contributed by atoms with Crippen molar-refractivity contribution >= 4 is 0 Å². The minimum absolute atomic E-state index is 0.0248. The van der Waals surface area contributed by atoms with E-state index >= 15 is 0 Å². The quantitative estimate of drug-likeness (QED) is 0.797. The molecule has 1 saturated heterocycles. The molecule has 0 aromatic heterocycles. The van der Waals surface area contributed by atoms with Crippen molar-refractivity contribution in [2.45, 2.75) is 37.4 Å². The van der Waals surface area contributed by atoms with Crippen LogP contribution in [-0.2, 0) is 0 Å². The van der Waals surface area contributed by atoms with Crippen molar-refractivity contribution in [3.63, 3.8) is 0 Å². The number of aliphatic hydroxyl groups excluding tert-OH is 1. The number of rotatable bonds is 5. The van der Waals surface area contributed by atoms with Crippen LogP contribution in [0.15, 0.2) is 0 Å². The number of nitrogens with zero attached hydrogens (tertiary/aromatic N) is 2. The van der Waals surface area contributed by atoms with Gasteiger partial charge in [0.2, 0.25) is 0 Å². The van der Waals surface area contributed by atoms with Gasteiger partial charge in [0.25, 0.3) is 0 Å². The Morgan fingerprint density at radius 1 is 1.14 bits per heavy atom. The highest BCUT2D eigenvalue weighted by Crippen LogP contribution is 2.35. The Morgan fingerprint density at radius 2 is 1.76 bits per heavy atom. The van der Waals surface area contributed by atoms with E-state index < -0.39 is 18.3 Å². The molecule has 0 amide bonds. The highest BCUT2D eigenvalue weighted by atomic mass is 19.4. The summed E-state index contributed by atoms with van der Waals surface area (Å²) in [4.78, 5) is 3.68. The molecule has 0 radical (unpaired) electrons. The van der Waals surface area contributed by atoms with Gasteiger partial charge < -0.3 is 15.7 Å². The van der Waals surface area contributed by atoms with Crippen LogP contribution in [0.4, 0.5) is 13.2 Å². The third-order valence-electron chi connectivity index (χ3n) is 4.96. The average Bonchev–Trinajstić information content (AvgIpc) is 2.78. The van der Waals surface area contributed by atoms with Gasteiger partial charge in [0, 0.05) is 31.7 Å². The first-order valence-electron chi connectivity index (χ1n) is 7.74. The number of piperazine rings is 1. The molecule has 1 aliphatic carbocycles. The van der Waals surface area contributed by atoms with Gasteiger partial charge in [-0.25, -0.2) is 0 Å². The minimum atomic E-state index is -4.10. The molecule has 0 bridgehead atoms. The molecule has 3 N–H and O–H groups in total. The molecular weight excluding hydrogens is 283 g/mol. The molecule has 2 aliphatic rings. The Bertz CT molecular complexity index is 332. The number of hydrogen-bond donors (Lipinski definition) is 2. The van der Waals surface area contributed by atoms with Gasteiger partial charge >= 0.3 is 6.18 Å². The summed E-state index contributed by atoms with van der Waals surface area (Å²) in [6.45, 7) is 2.38. The van der Waals surface area contributed by atoms with Crippen LogP contribution in [0.2, 0.25) is 0 Å². The Hall–Kier alpha value is -0.370. The Kier molecular flexibility index (Phi) is 5.51. The first kappa shape index (κ1) is 17.0. The van der Waals surface area contributed by atoms with Crippen LogP contribution in [0.3, 0.4) is 0 Å². The maximum Gasteiger partial charge on any atom is 0.401 e. The third-order valence-corrected chi connectivity index (χ3v) is 4.96. The lowest BCUT2D eigenvalue weighted by molar-refractivity contribution is -0.149. The lowest BCUT2D eigenvalue weighted by atomic mass is 9.86. The van der Waals surface area contributed by atoms with Gasteiger partial charge in [0.15, 0.2) is 0 Å². The molecule has 4 nitrogen and oxygen atoms in total. The van der Waals surface area contributed by atoms with Crippen molar-refractivity contribution in [1.82, 2.24) is 9.80 Å². The second kappa shape index (κ2) is 6.81. The minimum Gasteiger partial charge on any atom is -0.394 e. The summed E-state index contributed by atoms with van der Waals surface area (Å²) in [5.41, 5.74) is 5.76. The fourth-order valence-electron chi connectivity index (χ4n) is 3.57. The van der Waals surface area contributed by atoms with Crippen molar-refractivity contribution in [3.05, 3.63) is 0 Å². The summed E-state index contributed by atoms with van der Waals surface area (Å²) in [6, 6.07) is 0. The number of hydrogen-bond acceptors (Lipinski definition) is 4. The number of nitrogens with two attached hydrogens (primary N) is 1. The molecule has 1 aliphatic heterocycles. The molecule has 0 aromatic carbocycles. The topological polar surface area (TPSA) is 52.7 Å². The van der Waals surface area contributed by atoms with E-state index in [9.17, 15) is 18.3 Å². The van der Waals surface area contributed by atoms with Gasteiger partial charge in [-0.05, 0) is 31.7 Å². The van der Waals surface area contributed by atoms with Crippen LogP contribution in [-0.4, -0.2) is 72.5 Å². The van der Waals surface area contributed by atoms with Crippen molar-refractivity contribution in [2.24, 2.45) is 11.7 Å². The van der Waals surface area contributed by atoms with E-state index in [2.05, 4.69) is 4.90 Å². The van der Waals surface area contributed by atoms with Crippen LogP contribution < -0.4 is 5.73 Å². The zero-order chi connectivity index (χ0) is 15.5. The van der Waals surface area contributed by atoms with E-state index in [4.69, 9.17) is 5.73 Å². The van der Waals surface area contributed by atoms with E-state index in [-0.39, 0.29) is 6.61 Å². The van der Waals surface area contributed by atoms with Gasteiger partial charge in [0.05, 0.1) is 13.2 Å². The van der Waals surface area contributed by atoms with Gasteiger partial charge in [-0.15, -0.1) is 0 Å². The standard InChI is InChI=1S/C14H26F3N3O/c15-14(16,17)10-20-8-6-19(7-9-20)5-3-12-2-1-4-13(12,18)11-21/h12,21H,1-11,18H2. The van der Waals surface area contributed by atoms with E-state index in [0.29, 0.717) is 32.1 Å². The second-order valence-electron chi connectivity index (χ2n) is 6.50. The smallest absolute Gasteiger partial charge is 0.394 e. The SMILES string of the molecule is NC1(CO)CCCC1CCN1CCN(CC(F)(F)F)CC1. The molecular formula is C14H26F3N3O. The van der Waals surface area contributed by atoms with Crippen LogP contribution >= 0.6 is 0 Å². The lowest BCUT2D eigenvalue weighted by Gasteiger charge is -2.36. The highest BCUT2D eigenvalue weighted by Gasteiger charge is 2.39. The van der Waals surface area contributed by atoms with E-state index in [1.165, 1.54) is 4.90 Å². The summed E-state index contributed by atoms with van der Waals surface area (Å²) >= 11 is 0. The predicted octanol–water partition coefficient (Wildman–Crippen LogP) is 1.05. The van der Waals surface area contributed by atoms with E-state index in [1.807, 2.05) is 0 Å². The zero-order valence-corrected chi connectivity index (χ0v) is 12.4. The molecule has 0 aromatic rings. The highest BCUT2D eigenvalue weighted by molar-refractivity contribution is 4.96. The normalized spacial score (nSPS) is 32.7. The Morgan fingerprint density at radius 3 is 2.33 bits per heavy atom. The summed E-state index contributed by atoms with van der Waals surface area (Å²) in [5.74, 6) is 0.329. The first-order valence-corrected chi connectivity index (χ1v) is 7.74. The van der Waals surface area contributed by atoms with Crippen molar-refractivity contribution in [2.75, 3.05) is 45.9 Å². The summed E-state index contributed by atoms with van der Waals surface area (Å²) in [7, 11) is 0. The van der Waals surface area contributed by atoms with Crippen LogP contribution in [0, 0.1) is 5.92 Å². The molecule has 2 fully saturated rings. The van der Waals surface area contributed by atoms with Crippen molar-refractivity contribution < 1.29 is 18.3 Å². The monoisotopic (exact) mass is 309 g/mol. The molecule has 21 heavy (non-hydrogen) atoms. The molecule has 1 saturated carbocycles. The summed E-state index contributed by atoms with van der Waals surface area (Å²) in [6.07, 6.45) is -0.206. The van der Waals surface area contributed by atoms with E-state index in [0.717, 1.165) is 32.2 Å². The number of halogens is 3. The molecule has 2 atom stereocenters. The maximum absolute atomic E-state index is 12.3. The molecule has 2 unspecified atom stereocenters. The molecule has 124 valence electrons. The second-order valence-corrected chi connectivity index (χ2v) is 6.50. The van der Waals surface area contributed by atoms with Crippen LogP contribution in [0.5, 0.6) is 0 Å². The molecule has 7 heteroatoms. The first-order chi connectivity index (χ1) is 9.82. The summed E-state index contributed by atoms with van der Waals surface area (Å²) < 4.78 is 37.0. The van der Waals surface area contributed by atoms with Crippen LogP contribution in [0.1, 0.15) is 25.7 Å². The zero-order valence-electron chi connectivity index (χ0n) is 12.4. The molecule has 1 heterocycles. The van der Waals surface area contributed by atoms with Crippen molar-refractivity contribution in [3.8, 4) is 0 Å². The van der Waals surface area contributed by atoms with Gasteiger partial charge in [0.1, 0.15) is 0 Å². The largest absolute Gasteiger partial charge is 0.401 e. The summed E-state index contributed by atoms with van der Waals surface area (Å²) in [5, 5.41) is 9.42. The molecule has 2 rings (SSSR count). The fourth-order valence-corrected chi connectivity index (χ4v) is 3.57. The van der Waals surface area contributed by atoms with Crippen LogP contribution in [0.25, 0.3) is 0 Å². The fraction of sp³-hybridized carbons (Fsp3) is 1.00. The Balaban J connectivity index is 1.70. The van der Waals surface area contributed by atoms with Gasteiger partial charge in [-0.3, -0.25) is 4.90 Å². The van der Waals surface area contributed by atoms with Gasteiger partial charge in [-0.1, -0.05) is 6.42 Å². The maximum atomic E-state index is 12.3.